The van der Waals surface area contributed by atoms with Gasteiger partial charge in [0.25, 0.3) is 5.92 Å². The van der Waals surface area contributed by atoms with Gasteiger partial charge in [-0.2, -0.15) is 0 Å². The van der Waals surface area contributed by atoms with Crippen LogP contribution in [-0.4, -0.2) is 72.4 Å². The molecule has 6 rings (SSSR count). The fourth-order valence-corrected chi connectivity index (χ4v) is 7.44. The Hall–Kier alpha value is -2.81. The van der Waals surface area contributed by atoms with Crippen molar-refractivity contribution in [2.24, 2.45) is 10.6 Å². The molecule has 2 aliphatic heterocycles. The molecule has 41 heavy (non-hydrogen) atoms. The number of sulfonamides is 1. The number of nitrogens with zero attached hydrogens (tertiary/aromatic N) is 6. The lowest BCUT2D eigenvalue weighted by molar-refractivity contribution is -0.0120. The van der Waals surface area contributed by atoms with Gasteiger partial charge in [-0.05, 0) is 68.2 Å². The molecule has 4 heterocycles. The zero-order valence-electron chi connectivity index (χ0n) is 22.8. The molecule has 0 radical (unpaired) electrons. The van der Waals surface area contributed by atoms with Crippen molar-refractivity contribution >= 4 is 33.0 Å². The van der Waals surface area contributed by atoms with Gasteiger partial charge in [0, 0.05) is 43.0 Å². The van der Waals surface area contributed by atoms with E-state index in [0.717, 1.165) is 37.2 Å². The van der Waals surface area contributed by atoms with Crippen molar-refractivity contribution < 1.29 is 22.3 Å². The SMILES string of the molecule is Cc1cc(-c2nnc(-c3ccc(C(CO)S(N)(=O)=O)cc3N3CCC4(CC3)CC4)s2)nc(N2CCCC(F)(F)C2)n1. The molecule has 3 aliphatic rings. The largest absolute Gasteiger partial charge is 0.395 e. The molecule has 0 bridgehead atoms. The molecule has 1 atom stereocenters. The Morgan fingerprint density at radius 2 is 1.76 bits per heavy atom. The van der Waals surface area contributed by atoms with Crippen LogP contribution in [0.5, 0.6) is 0 Å². The van der Waals surface area contributed by atoms with E-state index in [2.05, 4.69) is 25.1 Å². The average molecular weight is 606 g/mol. The van der Waals surface area contributed by atoms with Crippen LogP contribution in [0.2, 0.25) is 0 Å². The van der Waals surface area contributed by atoms with Crippen molar-refractivity contribution in [3.05, 3.63) is 35.5 Å². The van der Waals surface area contributed by atoms with Crippen LogP contribution in [0.15, 0.2) is 24.3 Å². The van der Waals surface area contributed by atoms with E-state index in [1.807, 2.05) is 0 Å². The number of hydrogen-bond donors (Lipinski definition) is 2. The molecule has 0 amide bonds. The summed E-state index contributed by atoms with van der Waals surface area (Å²) < 4.78 is 52.5. The van der Waals surface area contributed by atoms with E-state index in [-0.39, 0.29) is 12.4 Å². The average Bonchev–Trinajstić information content (AvgIpc) is 3.48. The molecule has 220 valence electrons. The Labute approximate surface area is 241 Å². The van der Waals surface area contributed by atoms with Crippen LogP contribution in [0.25, 0.3) is 21.3 Å². The third kappa shape index (κ3) is 5.92. The summed E-state index contributed by atoms with van der Waals surface area (Å²) in [6.45, 7) is 2.87. The predicted molar refractivity (Wildman–Crippen MR) is 154 cm³/mol. The minimum absolute atomic E-state index is 0.142. The maximum atomic E-state index is 14.1. The molecule has 14 heteroatoms. The van der Waals surface area contributed by atoms with Gasteiger partial charge >= 0.3 is 0 Å². The molecule has 2 saturated heterocycles. The first-order valence-electron chi connectivity index (χ1n) is 13.8. The third-order valence-corrected chi connectivity index (χ3v) is 10.7. The van der Waals surface area contributed by atoms with Crippen LogP contribution in [0.1, 0.15) is 55.0 Å². The van der Waals surface area contributed by atoms with Crippen LogP contribution in [0, 0.1) is 12.3 Å². The molecule has 1 unspecified atom stereocenters. The Morgan fingerprint density at radius 3 is 2.41 bits per heavy atom. The van der Waals surface area contributed by atoms with Crippen LogP contribution in [-0.2, 0) is 10.0 Å². The van der Waals surface area contributed by atoms with Crippen molar-refractivity contribution in [3.8, 4) is 21.3 Å². The minimum Gasteiger partial charge on any atom is -0.395 e. The Balaban J connectivity index is 1.35. The number of aromatic nitrogens is 4. The monoisotopic (exact) mass is 605 g/mol. The van der Waals surface area contributed by atoms with E-state index in [4.69, 9.17) is 5.14 Å². The summed E-state index contributed by atoms with van der Waals surface area (Å²) in [6, 6.07) is 7.01. The highest BCUT2D eigenvalue weighted by Gasteiger charge is 2.44. The zero-order chi connectivity index (χ0) is 29.0. The molecular weight excluding hydrogens is 572 g/mol. The van der Waals surface area contributed by atoms with Crippen LogP contribution in [0.4, 0.5) is 20.4 Å². The summed E-state index contributed by atoms with van der Waals surface area (Å²) in [4.78, 5) is 12.8. The van der Waals surface area contributed by atoms with E-state index >= 15 is 0 Å². The zero-order valence-corrected chi connectivity index (χ0v) is 24.4. The number of aliphatic hydroxyl groups excluding tert-OH is 1. The van der Waals surface area contributed by atoms with Gasteiger partial charge in [0.1, 0.15) is 16.0 Å². The van der Waals surface area contributed by atoms with Crippen molar-refractivity contribution in [3.63, 3.8) is 0 Å². The molecule has 2 aromatic heterocycles. The maximum absolute atomic E-state index is 14.1. The second kappa shape index (κ2) is 10.5. The third-order valence-electron chi connectivity index (χ3n) is 8.47. The molecule has 10 nitrogen and oxygen atoms in total. The highest BCUT2D eigenvalue weighted by atomic mass is 32.2. The first-order valence-corrected chi connectivity index (χ1v) is 16.2. The molecule has 3 N–H and O–H groups in total. The normalized spacial score (nSPS) is 20.8. The van der Waals surface area contributed by atoms with E-state index in [1.54, 1.807) is 31.2 Å². The van der Waals surface area contributed by atoms with E-state index < -0.39 is 34.3 Å². The maximum Gasteiger partial charge on any atom is 0.265 e. The summed E-state index contributed by atoms with van der Waals surface area (Å²) in [5.41, 5.74) is 3.61. The number of nitrogens with two attached hydrogens (primary N) is 1. The second-order valence-corrected chi connectivity index (χ2v) is 14.2. The fourth-order valence-electron chi connectivity index (χ4n) is 5.87. The minimum atomic E-state index is -4.02. The van der Waals surface area contributed by atoms with Crippen LogP contribution in [0.3, 0.4) is 0 Å². The first kappa shape index (κ1) is 28.3. The lowest BCUT2D eigenvalue weighted by Crippen LogP contribution is -2.43. The van der Waals surface area contributed by atoms with Crippen LogP contribution >= 0.6 is 11.3 Å². The number of anilines is 2. The highest BCUT2D eigenvalue weighted by molar-refractivity contribution is 7.89. The molecule has 1 aromatic carbocycles. The number of benzene rings is 1. The highest BCUT2D eigenvalue weighted by Crippen LogP contribution is 2.54. The predicted octanol–water partition coefficient (Wildman–Crippen LogP) is 3.91. The van der Waals surface area contributed by atoms with E-state index in [9.17, 15) is 22.3 Å². The van der Waals surface area contributed by atoms with Crippen molar-refractivity contribution in [1.82, 2.24) is 20.2 Å². The van der Waals surface area contributed by atoms with Gasteiger partial charge in [-0.25, -0.2) is 32.3 Å². The number of rotatable bonds is 7. The fraction of sp³-hybridized carbons (Fsp3) is 0.556. The number of piperidine rings is 2. The van der Waals surface area contributed by atoms with Gasteiger partial charge in [0.2, 0.25) is 16.0 Å². The van der Waals surface area contributed by atoms with Gasteiger partial charge in [-0.1, -0.05) is 17.4 Å². The lowest BCUT2D eigenvalue weighted by atomic mass is 9.92. The number of primary sulfonamides is 1. The van der Waals surface area contributed by atoms with Gasteiger partial charge in [0.05, 0.1) is 13.2 Å². The molecular formula is C27H33F2N7O3S2. The molecule has 1 aliphatic carbocycles. The Morgan fingerprint density at radius 1 is 1.02 bits per heavy atom. The lowest BCUT2D eigenvalue weighted by Gasteiger charge is -2.35. The van der Waals surface area contributed by atoms with Gasteiger partial charge in [-0.15, -0.1) is 10.2 Å². The second-order valence-electron chi connectivity index (χ2n) is 11.5. The van der Waals surface area contributed by atoms with Gasteiger partial charge in [-0.3, -0.25) is 0 Å². The summed E-state index contributed by atoms with van der Waals surface area (Å²) in [5.74, 6) is -2.53. The number of hydrogen-bond acceptors (Lipinski definition) is 10. The van der Waals surface area contributed by atoms with Crippen molar-refractivity contribution in [1.29, 1.82) is 0 Å². The van der Waals surface area contributed by atoms with Crippen LogP contribution < -0.4 is 14.9 Å². The topological polar surface area (TPSA) is 138 Å². The Kier molecular flexibility index (Phi) is 7.23. The van der Waals surface area contributed by atoms with E-state index in [0.29, 0.717) is 45.3 Å². The first-order chi connectivity index (χ1) is 19.5. The standard InChI is InChI=1S/C27H33F2N7O3S2/c1-17-13-20(32-25(31-17)36-10-2-5-27(28,29)16-36)24-34-33-23(40-24)19-4-3-18(22(15-37)41(30,38)39)14-21(19)35-11-8-26(6-7-26)9-12-35/h3-4,13-14,22,37H,2,5-12,15-16H2,1H3,(H2,30,38,39). The number of alkyl halides is 2. The smallest absolute Gasteiger partial charge is 0.265 e. The Bertz CT molecular complexity index is 1550. The quantitative estimate of drug-likeness (QED) is 0.411. The van der Waals surface area contributed by atoms with Crippen molar-refractivity contribution in [2.45, 2.75) is 56.6 Å². The summed E-state index contributed by atoms with van der Waals surface area (Å²) in [7, 11) is -4.02. The van der Waals surface area contributed by atoms with Gasteiger partial charge in [0.15, 0.2) is 5.01 Å². The summed E-state index contributed by atoms with van der Waals surface area (Å²) in [6.07, 6.45) is 4.85. The molecule has 3 fully saturated rings. The summed E-state index contributed by atoms with van der Waals surface area (Å²) >= 11 is 1.32. The van der Waals surface area contributed by atoms with Crippen molar-refractivity contribution in [2.75, 3.05) is 42.6 Å². The van der Waals surface area contributed by atoms with Gasteiger partial charge < -0.3 is 14.9 Å². The number of halogens is 2. The molecule has 1 saturated carbocycles. The summed E-state index contributed by atoms with van der Waals surface area (Å²) in [5, 5.41) is 24.0. The number of aryl methyl sites for hydroxylation is 1. The van der Waals surface area contributed by atoms with E-state index in [1.165, 1.54) is 29.1 Å². The number of aliphatic hydroxyl groups is 1. The molecule has 3 aromatic rings. The molecule has 1 spiro atoms.